The van der Waals surface area contributed by atoms with Gasteiger partial charge in [-0.1, -0.05) is 0 Å². The standard InChI is InChI=1S/C20H28N4O/c1-4-25-20-12-18(19(11-16(20)22)24-9-5-6-10-24)23-17-8-7-15(21)13(2)14(17)3/h7-8,12,19,22H,4-6,9-11,21H2,1-3H3. The predicted molar refractivity (Wildman–Crippen MR) is 104 cm³/mol. The van der Waals surface area contributed by atoms with E-state index in [1.807, 2.05) is 32.1 Å². The van der Waals surface area contributed by atoms with Gasteiger partial charge < -0.3 is 15.9 Å². The molecule has 1 aromatic carbocycles. The molecule has 5 nitrogen and oxygen atoms in total. The summed E-state index contributed by atoms with van der Waals surface area (Å²) in [6.07, 6.45) is 5.07. The molecule has 0 saturated carbocycles. The van der Waals surface area contributed by atoms with Crippen LogP contribution in [0.1, 0.15) is 37.3 Å². The summed E-state index contributed by atoms with van der Waals surface area (Å²) in [6, 6.07) is 4.07. The number of nitrogens with two attached hydrogens (primary N) is 1. The van der Waals surface area contributed by atoms with E-state index in [1.54, 1.807) is 0 Å². The van der Waals surface area contributed by atoms with Crippen molar-refractivity contribution in [2.45, 2.75) is 46.1 Å². The van der Waals surface area contributed by atoms with E-state index in [1.165, 1.54) is 12.8 Å². The largest absolute Gasteiger partial charge is 0.492 e. The number of ether oxygens (including phenoxy) is 1. The average molecular weight is 340 g/mol. The lowest BCUT2D eigenvalue weighted by molar-refractivity contribution is 0.242. The molecule has 0 spiro atoms. The number of hydrogen-bond acceptors (Lipinski definition) is 5. The zero-order valence-electron chi connectivity index (χ0n) is 15.4. The molecule has 0 bridgehead atoms. The van der Waals surface area contributed by atoms with Gasteiger partial charge in [0.2, 0.25) is 0 Å². The van der Waals surface area contributed by atoms with E-state index >= 15 is 0 Å². The van der Waals surface area contributed by atoms with Gasteiger partial charge in [-0.15, -0.1) is 0 Å². The number of benzene rings is 1. The zero-order valence-corrected chi connectivity index (χ0v) is 15.4. The maximum atomic E-state index is 8.33. The highest BCUT2D eigenvalue weighted by molar-refractivity contribution is 6.13. The van der Waals surface area contributed by atoms with E-state index in [9.17, 15) is 0 Å². The summed E-state index contributed by atoms with van der Waals surface area (Å²) in [5.74, 6) is 0.654. The Labute approximate surface area is 150 Å². The van der Waals surface area contributed by atoms with Crippen molar-refractivity contribution in [3.8, 4) is 0 Å². The molecule has 1 saturated heterocycles. The van der Waals surface area contributed by atoms with Crippen LogP contribution in [0.5, 0.6) is 0 Å². The van der Waals surface area contributed by atoms with Crippen molar-refractivity contribution in [1.82, 2.24) is 4.90 Å². The van der Waals surface area contributed by atoms with Crippen molar-refractivity contribution < 1.29 is 4.74 Å². The van der Waals surface area contributed by atoms with E-state index in [-0.39, 0.29) is 6.04 Å². The quantitative estimate of drug-likeness (QED) is 0.819. The Kier molecular flexibility index (Phi) is 5.23. The topological polar surface area (TPSA) is 74.7 Å². The number of rotatable bonds is 4. The molecule has 1 fully saturated rings. The minimum atomic E-state index is 0.163. The van der Waals surface area contributed by atoms with Gasteiger partial charge in [0.15, 0.2) is 0 Å². The first kappa shape index (κ1) is 17.7. The van der Waals surface area contributed by atoms with Gasteiger partial charge >= 0.3 is 0 Å². The van der Waals surface area contributed by atoms with Crippen molar-refractivity contribution in [3.05, 3.63) is 35.1 Å². The highest BCUT2D eigenvalue weighted by Crippen LogP contribution is 2.29. The van der Waals surface area contributed by atoms with Crippen molar-refractivity contribution in [2.75, 3.05) is 25.4 Å². The number of likely N-dealkylation sites (tertiary alicyclic amines) is 1. The molecule has 1 atom stereocenters. The van der Waals surface area contributed by atoms with Gasteiger partial charge in [-0.05, 0) is 70.0 Å². The first-order valence-corrected chi connectivity index (χ1v) is 9.11. The fourth-order valence-corrected chi connectivity index (χ4v) is 3.56. The van der Waals surface area contributed by atoms with Crippen molar-refractivity contribution in [3.63, 3.8) is 0 Å². The predicted octanol–water partition coefficient (Wildman–Crippen LogP) is 3.77. The molecular formula is C20H28N4O. The molecule has 1 heterocycles. The molecule has 1 aliphatic heterocycles. The Morgan fingerprint density at radius 3 is 2.64 bits per heavy atom. The number of nitrogens with zero attached hydrogens (tertiary/aromatic N) is 2. The Bertz CT molecular complexity index is 729. The van der Waals surface area contributed by atoms with Crippen LogP contribution in [0.25, 0.3) is 0 Å². The van der Waals surface area contributed by atoms with Crippen molar-refractivity contribution in [2.24, 2.45) is 4.99 Å². The van der Waals surface area contributed by atoms with Crippen LogP contribution in [0.2, 0.25) is 0 Å². The van der Waals surface area contributed by atoms with Crippen molar-refractivity contribution >= 4 is 22.8 Å². The molecule has 2 aliphatic rings. The number of aliphatic imine (C=N–C) groups is 1. The summed E-state index contributed by atoms with van der Waals surface area (Å²) in [5.41, 5.74) is 11.5. The summed E-state index contributed by atoms with van der Waals surface area (Å²) in [4.78, 5) is 7.43. The van der Waals surface area contributed by atoms with Crippen LogP contribution in [0.3, 0.4) is 0 Å². The highest BCUT2D eigenvalue weighted by atomic mass is 16.5. The van der Waals surface area contributed by atoms with E-state index < -0.39 is 0 Å². The molecule has 3 rings (SSSR count). The van der Waals surface area contributed by atoms with Gasteiger partial charge in [-0.2, -0.15) is 0 Å². The van der Waals surface area contributed by atoms with Crippen molar-refractivity contribution in [1.29, 1.82) is 5.41 Å². The van der Waals surface area contributed by atoms with Gasteiger partial charge in [0, 0.05) is 18.2 Å². The fourth-order valence-electron chi connectivity index (χ4n) is 3.56. The number of hydrogen-bond donors (Lipinski definition) is 2. The van der Waals surface area contributed by atoms with E-state index in [2.05, 4.69) is 11.8 Å². The summed E-state index contributed by atoms with van der Waals surface area (Å²) in [7, 11) is 0. The van der Waals surface area contributed by atoms with Crippen LogP contribution < -0.4 is 5.73 Å². The van der Waals surface area contributed by atoms with Gasteiger partial charge in [0.1, 0.15) is 5.76 Å². The molecule has 1 aliphatic carbocycles. The van der Waals surface area contributed by atoms with Crippen LogP contribution in [0.15, 0.2) is 29.0 Å². The Morgan fingerprint density at radius 2 is 1.96 bits per heavy atom. The number of allylic oxidation sites excluding steroid dienone is 1. The minimum absolute atomic E-state index is 0.163. The van der Waals surface area contributed by atoms with Gasteiger partial charge in [0.05, 0.1) is 29.8 Å². The van der Waals surface area contributed by atoms with Crippen LogP contribution in [0.4, 0.5) is 11.4 Å². The first-order valence-electron chi connectivity index (χ1n) is 9.11. The zero-order chi connectivity index (χ0) is 18.0. The Hall–Kier alpha value is -2.14. The van der Waals surface area contributed by atoms with E-state index in [0.29, 0.717) is 24.5 Å². The highest BCUT2D eigenvalue weighted by Gasteiger charge is 2.31. The van der Waals surface area contributed by atoms with Gasteiger partial charge in [0.25, 0.3) is 0 Å². The third kappa shape index (κ3) is 3.61. The molecule has 5 heteroatoms. The number of nitrogen functional groups attached to an aromatic ring is 1. The SMILES string of the molecule is CCOC1=CC(=Nc2ccc(N)c(C)c2C)C(N2CCCC2)CC1=N. The lowest BCUT2D eigenvalue weighted by atomic mass is 9.94. The minimum Gasteiger partial charge on any atom is -0.492 e. The second kappa shape index (κ2) is 7.40. The normalized spacial score (nSPS) is 23.2. The molecule has 134 valence electrons. The van der Waals surface area contributed by atoms with Gasteiger partial charge in [-0.25, -0.2) is 0 Å². The molecule has 1 aromatic rings. The molecule has 0 radical (unpaired) electrons. The van der Waals surface area contributed by atoms with E-state index in [0.717, 1.165) is 41.3 Å². The number of nitrogens with one attached hydrogen (secondary N) is 1. The lowest BCUT2D eigenvalue weighted by Gasteiger charge is -2.31. The third-order valence-electron chi connectivity index (χ3n) is 5.25. The maximum absolute atomic E-state index is 8.33. The number of anilines is 1. The molecular weight excluding hydrogens is 312 g/mol. The Balaban J connectivity index is 2.03. The maximum Gasteiger partial charge on any atom is 0.141 e. The third-order valence-corrected chi connectivity index (χ3v) is 5.25. The molecule has 25 heavy (non-hydrogen) atoms. The first-order chi connectivity index (χ1) is 12.0. The van der Waals surface area contributed by atoms with Crippen LogP contribution in [-0.4, -0.2) is 42.1 Å². The van der Waals surface area contributed by atoms with Crippen LogP contribution in [0, 0.1) is 19.3 Å². The second-order valence-electron chi connectivity index (χ2n) is 6.84. The molecule has 0 aromatic heterocycles. The Morgan fingerprint density at radius 1 is 1.24 bits per heavy atom. The van der Waals surface area contributed by atoms with Gasteiger partial charge in [-0.3, -0.25) is 9.89 Å². The summed E-state index contributed by atoms with van der Waals surface area (Å²) in [6.45, 7) is 8.77. The fraction of sp³-hybridized carbons (Fsp3) is 0.500. The van der Waals surface area contributed by atoms with Crippen LogP contribution >= 0.6 is 0 Å². The summed E-state index contributed by atoms with van der Waals surface area (Å²) < 4.78 is 5.66. The van der Waals surface area contributed by atoms with E-state index in [4.69, 9.17) is 20.9 Å². The van der Waals surface area contributed by atoms with Crippen LogP contribution in [-0.2, 0) is 4.74 Å². The second-order valence-corrected chi connectivity index (χ2v) is 6.84. The molecule has 3 N–H and O–H groups in total. The summed E-state index contributed by atoms with van der Waals surface area (Å²) >= 11 is 0. The monoisotopic (exact) mass is 340 g/mol. The summed E-state index contributed by atoms with van der Waals surface area (Å²) in [5, 5.41) is 8.33. The smallest absolute Gasteiger partial charge is 0.141 e. The molecule has 1 unspecified atom stereocenters. The average Bonchev–Trinajstić information content (AvgIpc) is 3.12. The lowest BCUT2D eigenvalue weighted by Crippen LogP contribution is -2.43. The molecule has 0 amide bonds.